The number of primary amides is 1. The Balaban J connectivity index is 2.54. The van der Waals surface area contributed by atoms with E-state index < -0.39 is 5.41 Å². The topological polar surface area (TPSA) is 63.4 Å². The van der Waals surface area contributed by atoms with E-state index in [1.165, 1.54) is 0 Å². The van der Waals surface area contributed by atoms with Crippen molar-refractivity contribution in [1.82, 2.24) is 4.90 Å². The lowest BCUT2D eigenvalue weighted by Crippen LogP contribution is -2.47. The summed E-state index contributed by atoms with van der Waals surface area (Å²) >= 11 is 5.76. The number of hydrogen-bond acceptors (Lipinski definition) is 2. The smallest absolute Gasteiger partial charge is 0.229 e. The summed E-state index contributed by atoms with van der Waals surface area (Å²) in [6, 6.07) is 0. The maximum atomic E-state index is 12.1. The number of rotatable bonds is 3. The quantitative estimate of drug-likeness (QED) is 0.755. The van der Waals surface area contributed by atoms with E-state index in [1.807, 2.05) is 13.8 Å². The van der Waals surface area contributed by atoms with Gasteiger partial charge in [0.05, 0.1) is 5.41 Å². The van der Waals surface area contributed by atoms with Crippen LogP contribution in [0.3, 0.4) is 0 Å². The zero-order chi connectivity index (χ0) is 12.3. The van der Waals surface area contributed by atoms with E-state index in [9.17, 15) is 9.59 Å². The molecule has 0 bridgehead atoms. The molecule has 0 saturated carbocycles. The van der Waals surface area contributed by atoms with Crippen molar-refractivity contribution in [1.29, 1.82) is 0 Å². The largest absolute Gasteiger partial charge is 0.369 e. The molecular weight excluding hydrogens is 228 g/mol. The fourth-order valence-corrected chi connectivity index (χ4v) is 1.97. The zero-order valence-corrected chi connectivity index (χ0v) is 10.6. The normalized spacial score (nSPS) is 18.6. The Bertz CT molecular complexity index is 284. The van der Waals surface area contributed by atoms with Gasteiger partial charge in [0.15, 0.2) is 0 Å². The highest BCUT2D eigenvalue weighted by molar-refractivity contribution is 6.19. The molecule has 2 N–H and O–H groups in total. The van der Waals surface area contributed by atoms with E-state index in [0.29, 0.717) is 31.8 Å². The summed E-state index contributed by atoms with van der Waals surface area (Å²) < 4.78 is 0. The Hall–Kier alpha value is -0.770. The Morgan fingerprint density at radius 1 is 1.38 bits per heavy atom. The number of nitrogens with two attached hydrogens (primary N) is 1. The van der Waals surface area contributed by atoms with E-state index in [4.69, 9.17) is 17.3 Å². The van der Waals surface area contributed by atoms with Crippen molar-refractivity contribution >= 4 is 23.4 Å². The molecule has 92 valence electrons. The summed E-state index contributed by atoms with van der Waals surface area (Å²) in [6.07, 6.45) is 1.33. The number of halogens is 1. The van der Waals surface area contributed by atoms with Crippen LogP contribution in [0.5, 0.6) is 0 Å². The maximum Gasteiger partial charge on any atom is 0.229 e. The summed E-state index contributed by atoms with van der Waals surface area (Å²) in [5.41, 5.74) is 4.71. The van der Waals surface area contributed by atoms with Gasteiger partial charge in [-0.05, 0) is 26.7 Å². The number of carbonyl (C=O) groups excluding carboxylic acids is 2. The number of amides is 2. The van der Waals surface area contributed by atoms with Gasteiger partial charge < -0.3 is 10.6 Å². The van der Waals surface area contributed by atoms with Crippen LogP contribution in [0.1, 0.15) is 26.7 Å². The monoisotopic (exact) mass is 246 g/mol. The van der Waals surface area contributed by atoms with Crippen molar-refractivity contribution in [3.63, 3.8) is 0 Å². The van der Waals surface area contributed by atoms with Crippen molar-refractivity contribution in [2.45, 2.75) is 26.7 Å². The third kappa shape index (κ3) is 2.88. The van der Waals surface area contributed by atoms with Gasteiger partial charge in [0.2, 0.25) is 11.8 Å². The third-order valence-corrected chi connectivity index (χ3v) is 3.77. The van der Waals surface area contributed by atoms with E-state index in [-0.39, 0.29) is 17.7 Å². The molecule has 0 aromatic carbocycles. The minimum Gasteiger partial charge on any atom is -0.369 e. The first kappa shape index (κ1) is 13.3. The summed E-state index contributed by atoms with van der Waals surface area (Å²) in [5.74, 6) is 0.0268. The predicted octanol–water partition coefficient (Wildman–Crippen LogP) is 0.975. The summed E-state index contributed by atoms with van der Waals surface area (Å²) in [5, 5.41) is 0. The van der Waals surface area contributed by atoms with Gasteiger partial charge in [-0.25, -0.2) is 0 Å². The summed E-state index contributed by atoms with van der Waals surface area (Å²) in [4.78, 5) is 24.8. The highest BCUT2D eigenvalue weighted by atomic mass is 35.5. The molecule has 5 heteroatoms. The van der Waals surface area contributed by atoms with Gasteiger partial charge >= 0.3 is 0 Å². The Morgan fingerprint density at radius 3 is 2.25 bits per heavy atom. The number of likely N-dealkylation sites (tertiary alicyclic amines) is 1. The van der Waals surface area contributed by atoms with Gasteiger partial charge in [-0.1, -0.05) is 0 Å². The lowest BCUT2D eigenvalue weighted by Gasteiger charge is -2.35. The molecule has 0 atom stereocenters. The molecule has 0 aromatic rings. The van der Waals surface area contributed by atoms with Gasteiger partial charge in [-0.2, -0.15) is 0 Å². The Morgan fingerprint density at radius 2 is 1.88 bits per heavy atom. The predicted molar refractivity (Wildman–Crippen MR) is 63.0 cm³/mol. The number of alkyl halides is 1. The minimum absolute atomic E-state index is 0.0606. The van der Waals surface area contributed by atoms with Crippen molar-refractivity contribution in [3.05, 3.63) is 0 Å². The van der Waals surface area contributed by atoms with Crippen molar-refractivity contribution in [3.8, 4) is 0 Å². The van der Waals surface area contributed by atoms with Crippen LogP contribution in [-0.4, -0.2) is 35.7 Å². The van der Waals surface area contributed by atoms with Gasteiger partial charge in [0, 0.05) is 24.9 Å². The fraction of sp³-hybridized carbons (Fsp3) is 0.818. The van der Waals surface area contributed by atoms with Crippen LogP contribution >= 0.6 is 11.6 Å². The molecule has 16 heavy (non-hydrogen) atoms. The molecule has 2 amide bonds. The molecular formula is C11H19ClN2O2. The minimum atomic E-state index is -0.527. The maximum absolute atomic E-state index is 12.1. The van der Waals surface area contributed by atoms with E-state index in [2.05, 4.69) is 0 Å². The molecule has 0 aromatic heterocycles. The molecule has 1 aliphatic heterocycles. The average Bonchev–Trinajstić information content (AvgIpc) is 2.28. The lowest BCUT2D eigenvalue weighted by atomic mass is 9.90. The summed E-state index contributed by atoms with van der Waals surface area (Å²) in [6.45, 7) is 4.88. The van der Waals surface area contributed by atoms with E-state index >= 15 is 0 Å². The van der Waals surface area contributed by atoms with E-state index in [0.717, 1.165) is 0 Å². The first-order valence-electron chi connectivity index (χ1n) is 5.53. The number of hydrogen-bond donors (Lipinski definition) is 1. The lowest BCUT2D eigenvalue weighted by molar-refractivity contribution is -0.142. The van der Waals surface area contributed by atoms with Gasteiger partial charge in [-0.15, -0.1) is 11.6 Å². The third-order valence-electron chi connectivity index (χ3n) is 3.10. The van der Waals surface area contributed by atoms with Crippen LogP contribution in [0.4, 0.5) is 0 Å². The Labute approximate surface area is 101 Å². The second kappa shape index (κ2) is 5.04. The van der Waals surface area contributed by atoms with Gasteiger partial charge in [0.25, 0.3) is 0 Å². The molecule has 1 aliphatic rings. The van der Waals surface area contributed by atoms with Crippen LogP contribution < -0.4 is 5.73 Å². The molecule has 1 fully saturated rings. The van der Waals surface area contributed by atoms with Gasteiger partial charge in [-0.3, -0.25) is 9.59 Å². The summed E-state index contributed by atoms with van der Waals surface area (Å²) in [7, 11) is 0. The second-order valence-electron chi connectivity index (χ2n) is 4.99. The molecule has 1 saturated heterocycles. The Kier molecular flexibility index (Phi) is 4.19. The highest BCUT2D eigenvalue weighted by Gasteiger charge is 2.34. The second-order valence-corrected chi connectivity index (χ2v) is 5.25. The first-order valence-corrected chi connectivity index (χ1v) is 6.06. The fourth-order valence-electron chi connectivity index (χ4n) is 1.85. The van der Waals surface area contributed by atoms with Crippen molar-refractivity contribution in [2.24, 2.45) is 17.1 Å². The van der Waals surface area contributed by atoms with Gasteiger partial charge in [0.1, 0.15) is 0 Å². The molecule has 4 nitrogen and oxygen atoms in total. The number of piperidine rings is 1. The van der Waals surface area contributed by atoms with Crippen LogP contribution in [-0.2, 0) is 9.59 Å². The zero-order valence-electron chi connectivity index (χ0n) is 9.83. The van der Waals surface area contributed by atoms with E-state index in [1.54, 1.807) is 4.90 Å². The average molecular weight is 247 g/mol. The van der Waals surface area contributed by atoms with Crippen LogP contribution in [0.25, 0.3) is 0 Å². The molecule has 0 radical (unpaired) electrons. The van der Waals surface area contributed by atoms with Crippen LogP contribution in [0.2, 0.25) is 0 Å². The molecule has 0 spiro atoms. The van der Waals surface area contributed by atoms with Crippen molar-refractivity contribution in [2.75, 3.05) is 19.0 Å². The molecule has 1 rings (SSSR count). The molecule has 0 aliphatic carbocycles. The SMILES string of the molecule is CC(C)(CCl)C(=O)N1CCC(C(N)=O)CC1. The number of carbonyl (C=O) groups is 2. The first-order chi connectivity index (χ1) is 7.38. The standard InChI is InChI=1S/C11H19ClN2O2/c1-11(2,7-12)10(16)14-5-3-8(4-6-14)9(13)15/h8H,3-7H2,1-2H3,(H2,13,15). The molecule has 0 unspecified atom stereocenters. The van der Waals surface area contributed by atoms with Crippen LogP contribution in [0, 0.1) is 11.3 Å². The number of nitrogens with zero attached hydrogens (tertiary/aromatic N) is 1. The van der Waals surface area contributed by atoms with Crippen LogP contribution in [0.15, 0.2) is 0 Å². The highest BCUT2D eigenvalue weighted by Crippen LogP contribution is 2.24. The van der Waals surface area contributed by atoms with Crippen molar-refractivity contribution < 1.29 is 9.59 Å². The molecule has 1 heterocycles.